The molecule has 0 heterocycles. The first kappa shape index (κ1) is 23.0. The third-order valence-corrected chi connectivity index (χ3v) is 6.31. The molecule has 1 fully saturated rings. The lowest BCUT2D eigenvalue weighted by atomic mass is 9.79. The van der Waals surface area contributed by atoms with Gasteiger partial charge in [-0.2, -0.15) is 8.78 Å². The maximum absolute atomic E-state index is 14.7. The minimum Gasteiger partial charge on any atom is -0.429 e. The molecule has 3 aromatic rings. The molecule has 0 spiro atoms. The molecular weight excluding hydrogens is 421 g/mol. The van der Waals surface area contributed by atoms with E-state index in [1.165, 1.54) is 37.1 Å². The zero-order chi connectivity index (χ0) is 23.4. The van der Waals surface area contributed by atoms with Crippen molar-refractivity contribution in [3.05, 3.63) is 100 Å². The summed E-state index contributed by atoms with van der Waals surface area (Å²) in [7, 11) is 0. The van der Waals surface area contributed by atoms with E-state index in [0.29, 0.717) is 5.92 Å². The molecular formula is C29H27F3O. The lowest BCUT2D eigenvalue weighted by Crippen LogP contribution is -2.22. The minimum absolute atomic E-state index is 0.123. The first-order valence-electron chi connectivity index (χ1n) is 11.4. The van der Waals surface area contributed by atoms with E-state index in [9.17, 15) is 13.2 Å². The predicted molar refractivity (Wildman–Crippen MR) is 125 cm³/mol. The van der Waals surface area contributed by atoms with Gasteiger partial charge >= 0.3 is 6.11 Å². The number of benzene rings is 3. The number of hydrogen-bond donors (Lipinski definition) is 0. The van der Waals surface area contributed by atoms with Crippen molar-refractivity contribution in [3.8, 4) is 17.6 Å². The topological polar surface area (TPSA) is 9.23 Å². The highest BCUT2D eigenvalue weighted by molar-refractivity contribution is 5.45. The van der Waals surface area contributed by atoms with Crippen LogP contribution in [0.4, 0.5) is 13.2 Å². The molecule has 170 valence electrons. The van der Waals surface area contributed by atoms with Crippen LogP contribution in [0.1, 0.15) is 66.3 Å². The van der Waals surface area contributed by atoms with Crippen LogP contribution in [0.25, 0.3) is 0 Å². The fraction of sp³-hybridized carbons (Fsp3) is 0.310. The third kappa shape index (κ3) is 5.79. The van der Waals surface area contributed by atoms with Gasteiger partial charge in [0.2, 0.25) is 0 Å². The molecule has 0 bridgehead atoms. The Labute approximate surface area is 193 Å². The van der Waals surface area contributed by atoms with Crippen LogP contribution in [-0.2, 0) is 6.11 Å². The van der Waals surface area contributed by atoms with Gasteiger partial charge in [0.05, 0.1) is 11.1 Å². The molecule has 1 nitrogen and oxygen atoms in total. The second kappa shape index (κ2) is 9.75. The van der Waals surface area contributed by atoms with E-state index in [0.717, 1.165) is 41.5 Å². The molecule has 0 aliphatic heterocycles. The van der Waals surface area contributed by atoms with E-state index < -0.39 is 11.9 Å². The molecule has 0 aromatic heterocycles. The number of ether oxygens (including phenoxy) is 1. The fourth-order valence-electron chi connectivity index (χ4n) is 4.19. The van der Waals surface area contributed by atoms with Crippen LogP contribution in [0, 0.1) is 30.5 Å². The smallest absolute Gasteiger partial charge is 0.426 e. The molecule has 0 saturated heterocycles. The maximum Gasteiger partial charge on any atom is 0.426 e. The summed E-state index contributed by atoms with van der Waals surface area (Å²) in [4.78, 5) is 0. The fourth-order valence-corrected chi connectivity index (χ4v) is 4.19. The number of alkyl halides is 2. The molecule has 1 aliphatic carbocycles. The van der Waals surface area contributed by atoms with Crippen LogP contribution >= 0.6 is 0 Å². The molecule has 0 atom stereocenters. The van der Waals surface area contributed by atoms with Crippen molar-refractivity contribution in [2.24, 2.45) is 5.92 Å². The molecule has 0 N–H and O–H groups in total. The van der Waals surface area contributed by atoms with Gasteiger partial charge < -0.3 is 4.74 Å². The molecule has 0 amide bonds. The maximum atomic E-state index is 14.7. The van der Waals surface area contributed by atoms with Gasteiger partial charge in [-0.25, -0.2) is 4.39 Å². The van der Waals surface area contributed by atoms with E-state index in [-0.39, 0.29) is 16.9 Å². The summed E-state index contributed by atoms with van der Waals surface area (Å²) in [5, 5.41) is 0. The summed E-state index contributed by atoms with van der Waals surface area (Å²) in [6, 6.07) is 17.5. The van der Waals surface area contributed by atoms with Crippen LogP contribution in [-0.4, -0.2) is 0 Å². The van der Waals surface area contributed by atoms with E-state index in [1.54, 1.807) is 12.1 Å². The highest BCUT2D eigenvalue weighted by Crippen LogP contribution is 2.37. The number of aryl methyl sites for hydroxylation is 1. The first-order valence-corrected chi connectivity index (χ1v) is 11.4. The van der Waals surface area contributed by atoms with Crippen molar-refractivity contribution < 1.29 is 17.9 Å². The molecule has 3 aromatic carbocycles. The Morgan fingerprint density at radius 2 is 1.52 bits per heavy atom. The molecule has 1 saturated carbocycles. The number of hydrogen-bond acceptors (Lipinski definition) is 1. The first-order chi connectivity index (χ1) is 15.8. The van der Waals surface area contributed by atoms with Gasteiger partial charge in [0.1, 0.15) is 11.6 Å². The Kier molecular flexibility index (Phi) is 6.79. The van der Waals surface area contributed by atoms with Gasteiger partial charge in [-0.1, -0.05) is 61.4 Å². The van der Waals surface area contributed by atoms with Gasteiger partial charge in [-0.15, -0.1) is 0 Å². The van der Waals surface area contributed by atoms with Crippen molar-refractivity contribution >= 4 is 0 Å². The van der Waals surface area contributed by atoms with Gasteiger partial charge in [0.15, 0.2) is 0 Å². The molecule has 33 heavy (non-hydrogen) atoms. The highest BCUT2D eigenvalue weighted by atomic mass is 19.3. The summed E-state index contributed by atoms with van der Waals surface area (Å²) >= 11 is 0. The number of halogens is 3. The lowest BCUT2D eigenvalue weighted by Gasteiger charge is -2.27. The normalized spacial score (nSPS) is 18.3. The zero-order valence-corrected chi connectivity index (χ0v) is 18.9. The van der Waals surface area contributed by atoms with E-state index in [1.807, 2.05) is 31.2 Å². The predicted octanol–water partition coefficient (Wildman–Crippen LogP) is 7.96. The van der Waals surface area contributed by atoms with Gasteiger partial charge in [0, 0.05) is 11.6 Å². The summed E-state index contributed by atoms with van der Waals surface area (Å²) in [6.07, 6.45) is 0.949. The third-order valence-electron chi connectivity index (χ3n) is 6.31. The average molecular weight is 449 g/mol. The van der Waals surface area contributed by atoms with Crippen LogP contribution in [0.3, 0.4) is 0 Å². The lowest BCUT2D eigenvalue weighted by molar-refractivity contribution is -0.185. The Hall–Kier alpha value is -3.19. The van der Waals surface area contributed by atoms with E-state index >= 15 is 0 Å². The van der Waals surface area contributed by atoms with Gasteiger partial charge in [0.25, 0.3) is 0 Å². The summed E-state index contributed by atoms with van der Waals surface area (Å²) in [6.45, 7) is 4.22. The Morgan fingerprint density at radius 3 is 2.15 bits per heavy atom. The van der Waals surface area contributed by atoms with Crippen LogP contribution < -0.4 is 4.74 Å². The van der Waals surface area contributed by atoms with Gasteiger partial charge in [-0.3, -0.25) is 0 Å². The van der Waals surface area contributed by atoms with Crippen molar-refractivity contribution in [3.63, 3.8) is 0 Å². The SMILES string of the molecule is Cc1ccc(C#Cc2ccc(OC(F)(F)c3ccc(C4CCC(C)CC4)cc3)cc2F)cc1. The van der Waals surface area contributed by atoms with E-state index in [2.05, 4.69) is 18.8 Å². The summed E-state index contributed by atoms with van der Waals surface area (Å²) in [5.74, 6) is 5.83. The largest absolute Gasteiger partial charge is 0.429 e. The summed E-state index contributed by atoms with van der Waals surface area (Å²) in [5.41, 5.74) is 2.81. The molecule has 1 aliphatic rings. The summed E-state index contributed by atoms with van der Waals surface area (Å²) < 4.78 is 48.8. The Morgan fingerprint density at radius 1 is 0.848 bits per heavy atom. The van der Waals surface area contributed by atoms with Crippen molar-refractivity contribution in [2.75, 3.05) is 0 Å². The monoisotopic (exact) mass is 448 g/mol. The van der Waals surface area contributed by atoms with Crippen molar-refractivity contribution in [2.45, 2.75) is 51.6 Å². The van der Waals surface area contributed by atoms with Crippen LogP contribution in [0.2, 0.25) is 0 Å². The highest BCUT2D eigenvalue weighted by Gasteiger charge is 2.35. The average Bonchev–Trinajstić information content (AvgIpc) is 2.80. The second-order valence-electron chi connectivity index (χ2n) is 8.96. The molecule has 4 rings (SSSR count). The quantitative estimate of drug-likeness (QED) is 0.368. The van der Waals surface area contributed by atoms with Crippen molar-refractivity contribution in [1.82, 2.24) is 0 Å². The Bertz CT molecular complexity index is 1150. The second-order valence-corrected chi connectivity index (χ2v) is 8.96. The van der Waals surface area contributed by atoms with Crippen LogP contribution in [0.15, 0.2) is 66.7 Å². The zero-order valence-electron chi connectivity index (χ0n) is 18.9. The van der Waals surface area contributed by atoms with Crippen molar-refractivity contribution in [1.29, 1.82) is 0 Å². The van der Waals surface area contributed by atoms with E-state index in [4.69, 9.17) is 4.74 Å². The molecule has 4 heteroatoms. The Balaban J connectivity index is 1.44. The van der Waals surface area contributed by atoms with Crippen LogP contribution in [0.5, 0.6) is 5.75 Å². The number of rotatable bonds is 4. The standard InChI is InChI=1S/C29H27F3O/c1-20-3-7-22(8-4-20)9-12-25-15-18-27(19-28(25)30)33-29(31,32)26-16-13-24(14-17-26)23-10-5-21(2)6-11-23/h3-4,7-8,13-19,21,23H,5-6,10-11H2,1-2H3. The molecule has 0 unspecified atom stereocenters. The van der Waals surface area contributed by atoms with Gasteiger partial charge in [-0.05, 0) is 73.6 Å². The molecule has 0 radical (unpaired) electrons. The minimum atomic E-state index is -3.57.